The molecule has 0 N–H and O–H groups in total. The smallest absolute Gasteiger partial charge is 0.244 e. The maximum absolute atomic E-state index is 12.3. The van der Waals surface area contributed by atoms with Gasteiger partial charge in [0.05, 0.1) is 12.4 Å². The van der Waals surface area contributed by atoms with Crippen molar-refractivity contribution in [3.8, 4) is 0 Å². The van der Waals surface area contributed by atoms with Crippen LogP contribution in [0, 0.1) is 5.92 Å². The monoisotopic (exact) mass is 342 g/mol. The highest BCUT2D eigenvalue weighted by Gasteiger charge is 2.24. The summed E-state index contributed by atoms with van der Waals surface area (Å²) in [5, 5.41) is 6.35. The zero-order chi connectivity index (χ0) is 17.8. The lowest BCUT2D eigenvalue weighted by atomic mass is 9.99. The summed E-state index contributed by atoms with van der Waals surface area (Å²) in [7, 11) is 2.14. The second-order valence-corrected chi connectivity index (χ2v) is 7.70. The number of hydrogen-bond acceptors (Lipinski definition) is 4. The van der Waals surface area contributed by atoms with Gasteiger partial charge in [-0.2, -0.15) is 5.10 Å². The molecule has 5 heteroatoms. The summed E-state index contributed by atoms with van der Waals surface area (Å²) in [4.78, 5) is 16.9. The van der Waals surface area contributed by atoms with Crippen LogP contribution < -0.4 is 0 Å². The van der Waals surface area contributed by atoms with E-state index in [4.69, 9.17) is 0 Å². The van der Waals surface area contributed by atoms with Crippen LogP contribution in [0.15, 0.2) is 29.4 Å². The molecular formula is C20H30N4O. The van der Waals surface area contributed by atoms with Gasteiger partial charge < -0.3 is 4.90 Å². The number of carbonyl (C=O) groups is 1. The molecule has 3 rings (SSSR count). The normalized spacial score (nSPS) is 20.2. The fourth-order valence-electron chi connectivity index (χ4n) is 3.40. The minimum absolute atomic E-state index is 0.138. The van der Waals surface area contributed by atoms with Crippen LogP contribution >= 0.6 is 0 Å². The van der Waals surface area contributed by atoms with Crippen LogP contribution in [0.4, 0.5) is 0 Å². The van der Waals surface area contributed by atoms with Crippen molar-refractivity contribution < 1.29 is 4.79 Å². The van der Waals surface area contributed by atoms with E-state index in [2.05, 4.69) is 60.1 Å². The van der Waals surface area contributed by atoms with E-state index in [1.54, 1.807) is 5.01 Å². The van der Waals surface area contributed by atoms with Crippen molar-refractivity contribution in [3.63, 3.8) is 0 Å². The molecule has 2 aliphatic heterocycles. The first kappa shape index (κ1) is 18.1. The number of likely N-dealkylation sites (N-methyl/N-ethyl adjacent to an activating group) is 1. The summed E-state index contributed by atoms with van der Waals surface area (Å²) in [5.41, 5.74) is 3.54. The lowest BCUT2D eigenvalue weighted by Gasteiger charge is -2.35. The Morgan fingerprint density at radius 3 is 2.36 bits per heavy atom. The Balaban J connectivity index is 1.67. The minimum Gasteiger partial charge on any atom is -0.304 e. The van der Waals surface area contributed by atoms with E-state index < -0.39 is 0 Å². The van der Waals surface area contributed by atoms with Crippen molar-refractivity contribution in [1.29, 1.82) is 0 Å². The van der Waals surface area contributed by atoms with E-state index in [1.165, 1.54) is 5.56 Å². The highest BCUT2D eigenvalue weighted by Crippen LogP contribution is 2.18. The molecule has 136 valence electrons. The molecule has 1 amide bonds. The number of amides is 1. The molecule has 0 unspecified atom stereocenters. The third kappa shape index (κ3) is 4.89. The number of hydrazone groups is 1. The molecule has 1 fully saturated rings. The van der Waals surface area contributed by atoms with Gasteiger partial charge in [0.2, 0.25) is 5.91 Å². The van der Waals surface area contributed by atoms with Crippen LogP contribution in [-0.4, -0.2) is 66.3 Å². The van der Waals surface area contributed by atoms with Gasteiger partial charge in [-0.1, -0.05) is 38.1 Å². The molecule has 0 spiro atoms. The quantitative estimate of drug-likeness (QED) is 0.825. The summed E-state index contributed by atoms with van der Waals surface area (Å²) in [5.74, 6) is 0.800. The van der Waals surface area contributed by atoms with Crippen molar-refractivity contribution in [2.24, 2.45) is 11.0 Å². The molecule has 1 aromatic rings. The van der Waals surface area contributed by atoms with Crippen LogP contribution in [0.3, 0.4) is 0 Å². The molecule has 25 heavy (non-hydrogen) atoms. The van der Waals surface area contributed by atoms with Gasteiger partial charge in [0.25, 0.3) is 0 Å². The van der Waals surface area contributed by atoms with E-state index >= 15 is 0 Å². The summed E-state index contributed by atoms with van der Waals surface area (Å²) in [6.45, 7) is 9.18. The molecule has 0 bridgehead atoms. The van der Waals surface area contributed by atoms with Gasteiger partial charge in [-0.15, -0.1) is 0 Å². The Morgan fingerprint density at radius 2 is 1.72 bits per heavy atom. The fourth-order valence-corrected chi connectivity index (χ4v) is 3.40. The number of rotatable bonds is 5. The van der Waals surface area contributed by atoms with Gasteiger partial charge in [-0.05, 0) is 30.5 Å². The SMILES string of the molecule is CC(C)Cc1ccc(C2=NN(CN3CCN(C)CC3)C(=O)CC2)cc1. The van der Waals surface area contributed by atoms with Crippen molar-refractivity contribution in [1.82, 2.24) is 14.8 Å². The maximum Gasteiger partial charge on any atom is 0.244 e. The Labute approximate surface area is 151 Å². The second-order valence-electron chi connectivity index (χ2n) is 7.70. The van der Waals surface area contributed by atoms with E-state index in [-0.39, 0.29) is 5.91 Å². The zero-order valence-electron chi connectivity index (χ0n) is 15.7. The topological polar surface area (TPSA) is 39.1 Å². The van der Waals surface area contributed by atoms with Crippen LogP contribution in [0.5, 0.6) is 0 Å². The van der Waals surface area contributed by atoms with Gasteiger partial charge in [-0.25, -0.2) is 5.01 Å². The largest absolute Gasteiger partial charge is 0.304 e. The van der Waals surface area contributed by atoms with Crippen molar-refractivity contribution in [3.05, 3.63) is 35.4 Å². The lowest BCUT2D eigenvalue weighted by Crippen LogP contribution is -2.49. The first-order chi connectivity index (χ1) is 12.0. The average molecular weight is 342 g/mol. The van der Waals surface area contributed by atoms with Crippen LogP contribution in [0.2, 0.25) is 0 Å². The Kier molecular flexibility index (Phi) is 5.86. The highest BCUT2D eigenvalue weighted by molar-refractivity contribution is 6.04. The highest BCUT2D eigenvalue weighted by atomic mass is 16.2. The molecule has 0 atom stereocenters. The van der Waals surface area contributed by atoms with Crippen molar-refractivity contribution in [2.75, 3.05) is 39.9 Å². The molecule has 0 saturated carbocycles. The summed E-state index contributed by atoms with van der Waals surface area (Å²) in [6.07, 6.45) is 2.39. The molecule has 0 aliphatic carbocycles. The molecule has 5 nitrogen and oxygen atoms in total. The average Bonchev–Trinajstić information content (AvgIpc) is 2.59. The minimum atomic E-state index is 0.138. The van der Waals surface area contributed by atoms with E-state index in [9.17, 15) is 4.79 Å². The maximum atomic E-state index is 12.3. The van der Waals surface area contributed by atoms with Crippen molar-refractivity contribution >= 4 is 11.6 Å². The van der Waals surface area contributed by atoms with Gasteiger partial charge in [-0.3, -0.25) is 9.69 Å². The van der Waals surface area contributed by atoms with Gasteiger partial charge >= 0.3 is 0 Å². The molecular weight excluding hydrogens is 312 g/mol. The number of carbonyl (C=O) groups excluding carboxylic acids is 1. The predicted molar refractivity (Wildman–Crippen MR) is 102 cm³/mol. The summed E-state index contributed by atoms with van der Waals surface area (Å²) in [6, 6.07) is 8.69. The Hall–Kier alpha value is -1.72. The van der Waals surface area contributed by atoms with Crippen LogP contribution in [0.1, 0.15) is 37.8 Å². The Bertz CT molecular complexity index is 615. The fraction of sp³-hybridized carbons (Fsp3) is 0.600. The number of hydrogen-bond donors (Lipinski definition) is 0. The number of benzene rings is 1. The Morgan fingerprint density at radius 1 is 1.04 bits per heavy atom. The van der Waals surface area contributed by atoms with Gasteiger partial charge in [0.15, 0.2) is 0 Å². The predicted octanol–water partition coefficient (Wildman–Crippen LogP) is 2.42. The number of piperazine rings is 1. The third-order valence-electron chi connectivity index (χ3n) is 4.97. The van der Waals surface area contributed by atoms with Crippen molar-refractivity contribution in [2.45, 2.75) is 33.1 Å². The molecule has 0 radical (unpaired) electrons. The second kappa shape index (κ2) is 8.11. The molecule has 2 heterocycles. The molecule has 0 aromatic heterocycles. The van der Waals surface area contributed by atoms with Gasteiger partial charge in [0.1, 0.15) is 0 Å². The molecule has 2 aliphatic rings. The lowest BCUT2D eigenvalue weighted by molar-refractivity contribution is -0.134. The van der Waals surface area contributed by atoms with E-state index in [0.29, 0.717) is 19.0 Å². The number of nitrogens with zero attached hydrogens (tertiary/aromatic N) is 4. The van der Waals surface area contributed by atoms with Crippen LogP contribution in [0.25, 0.3) is 0 Å². The first-order valence-corrected chi connectivity index (χ1v) is 9.39. The molecule has 1 aromatic carbocycles. The summed E-state index contributed by atoms with van der Waals surface area (Å²) < 4.78 is 0. The van der Waals surface area contributed by atoms with Crippen LogP contribution in [-0.2, 0) is 11.2 Å². The summed E-state index contributed by atoms with van der Waals surface area (Å²) >= 11 is 0. The van der Waals surface area contributed by atoms with E-state index in [0.717, 1.165) is 50.3 Å². The zero-order valence-corrected chi connectivity index (χ0v) is 15.7. The van der Waals surface area contributed by atoms with E-state index in [1.807, 2.05) is 0 Å². The van der Waals surface area contributed by atoms with Gasteiger partial charge in [0, 0.05) is 39.0 Å². The third-order valence-corrected chi connectivity index (χ3v) is 4.97. The first-order valence-electron chi connectivity index (χ1n) is 9.39. The standard InChI is InChI=1S/C20H30N4O/c1-16(2)14-17-4-6-18(7-5-17)19-8-9-20(25)24(21-19)15-23-12-10-22(3)11-13-23/h4-7,16H,8-15H2,1-3H3. The molecule has 1 saturated heterocycles.